The molecule has 0 saturated heterocycles. The van der Waals surface area contributed by atoms with Gasteiger partial charge in [0.2, 0.25) is 0 Å². The maximum absolute atomic E-state index is 5.07. The number of nitrogens with zero attached hydrogens (tertiary/aromatic N) is 3. The molecule has 0 unspecified atom stereocenters. The first-order valence-corrected chi connectivity index (χ1v) is 15.1. The fraction of sp³-hybridized carbons (Fsp3) is 0. The lowest BCUT2D eigenvalue weighted by molar-refractivity contribution is 1.18. The number of hydrogen-bond acceptors (Lipinski definition) is 1. The molecule has 0 aliphatic rings. The molecule has 0 bridgehead atoms. The molecule has 0 atom stereocenters. The summed E-state index contributed by atoms with van der Waals surface area (Å²) in [5.41, 5.74) is 11.4. The van der Waals surface area contributed by atoms with Crippen LogP contribution in [0.15, 0.2) is 152 Å². The minimum absolute atomic E-state index is 0.965. The Kier molecular flexibility index (Phi) is 4.72. The molecule has 204 valence electrons. The van der Waals surface area contributed by atoms with Crippen molar-refractivity contribution < 1.29 is 0 Å². The molecule has 10 aromatic rings. The fourth-order valence-electron chi connectivity index (χ4n) is 7.42. The van der Waals surface area contributed by atoms with E-state index < -0.39 is 0 Å². The highest BCUT2D eigenvalue weighted by molar-refractivity contribution is 6.33. The Morgan fingerprint density at radius 3 is 1.80 bits per heavy atom. The van der Waals surface area contributed by atoms with Crippen LogP contribution < -0.4 is 0 Å². The van der Waals surface area contributed by atoms with Crippen molar-refractivity contribution in [3.63, 3.8) is 0 Å². The highest BCUT2D eigenvalue weighted by Gasteiger charge is 2.22. The summed E-state index contributed by atoms with van der Waals surface area (Å²) < 4.78 is 4.93. The third-order valence-corrected chi connectivity index (χ3v) is 9.24. The van der Waals surface area contributed by atoms with E-state index in [0.29, 0.717) is 0 Å². The summed E-state index contributed by atoms with van der Waals surface area (Å²) >= 11 is 0. The van der Waals surface area contributed by atoms with Gasteiger partial charge in [-0.3, -0.25) is 0 Å². The Hall–Kier alpha value is -5.93. The topological polar surface area (TPSA) is 22.2 Å². The number of benzene rings is 6. The molecule has 10 rings (SSSR count). The van der Waals surface area contributed by atoms with E-state index in [0.717, 1.165) is 28.2 Å². The van der Waals surface area contributed by atoms with E-state index in [1.54, 1.807) is 0 Å². The summed E-state index contributed by atoms with van der Waals surface area (Å²) in [6.07, 6.45) is 0. The molecule has 0 amide bonds. The van der Waals surface area contributed by atoms with Gasteiger partial charge in [0.25, 0.3) is 0 Å². The van der Waals surface area contributed by atoms with Crippen molar-refractivity contribution in [2.75, 3.05) is 0 Å². The number of hydrogen-bond donors (Lipinski definition) is 0. The van der Waals surface area contributed by atoms with Crippen LogP contribution in [-0.2, 0) is 0 Å². The van der Waals surface area contributed by atoms with Gasteiger partial charge in [-0.2, -0.15) is 0 Å². The number of aromatic nitrogens is 3. The van der Waals surface area contributed by atoms with Crippen molar-refractivity contribution >= 4 is 59.9 Å². The minimum Gasteiger partial charge on any atom is -0.309 e. The third kappa shape index (κ3) is 3.13. The molecule has 0 N–H and O–H groups in total. The zero-order valence-corrected chi connectivity index (χ0v) is 23.8. The molecule has 0 spiro atoms. The summed E-state index contributed by atoms with van der Waals surface area (Å²) in [7, 11) is 0. The monoisotopic (exact) mass is 559 g/mol. The van der Waals surface area contributed by atoms with Crippen LogP contribution in [0.5, 0.6) is 0 Å². The van der Waals surface area contributed by atoms with Gasteiger partial charge in [-0.15, -0.1) is 0 Å². The fourth-order valence-corrected chi connectivity index (χ4v) is 7.42. The molecule has 3 nitrogen and oxygen atoms in total. The number of fused-ring (bicyclic) bond motifs is 6. The number of rotatable bonds is 3. The molecular formula is C41H25N3. The molecular weight excluding hydrogens is 534 g/mol. The van der Waals surface area contributed by atoms with Crippen LogP contribution in [-0.4, -0.2) is 14.0 Å². The second kappa shape index (κ2) is 8.79. The maximum Gasteiger partial charge on any atom is 0.0710 e. The van der Waals surface area contributed by atoms with Gasteiger partial charge in [-0.25, -0.2) is 4.98 Å². The molecule has 3 heteroatoms. The summed E-state index contributed by atoms with van der Waals surface area (Å²) in [4.78, 5) is 5.07. The van der Waals surface area contributed by atoms with E-state index in [1.807, 2.05) is 6.07 Å². The first kappa shape index (κ1) is 23.6. The quantitative estimate of drug-likeness (QED) is 0.211. The zero-order valence-electron chi connectivity index (χ0n) is 23.8. The van der Waals surface area contributed by atoms with Crippen LogP contribution in [0.1, 0.15) is 0 Å². The van der Waals surface area contributed by atoms with Crippen molar-refractivity contribution in [3.05, 3.63) is 152 Å². The van der Waals surface area contributed by atoms with Gasteiger partial charge in [-0.1, -0.05) is 103 Å². The molecule has 4 heterocycles. The van der Waals surface area contributed by atoms with Crippen LogP contribution >= 0.6 is 0 Å². The van der Waals surface area contributed by atoms with Crippen LogP contribution in [0.3, 0.4) is 0 Å². The van der Waals surface area contributed by atoms with Gasteiger partial charge in [0.1, 0.15) is 0 Å². The van der Waals surface area contributed by atoms with Crippen LogP contribution in [0.4, 0.5) is 0 Å². The predicted octanol–water partition coefficient (Wildman–Crippen LogP) is 10.7. The highest BCUT2D eigenvalue weighted by atomic mass is 15.0. The Morgan fingerprint density at radius 1 is 0.386 bits per heavy atom. The molecule has 0 radical (unpaired) electrons. The smallest absolute Gasteiger partial charge is 0.0710 e. The third-order valence-electron chi connectivity index (χ3n) is 9.24. The van der Waals surface area contributed by atoms with Crippen LogP contribution in [0, 0.1) is 0 Å². The molecule has 4 aromatic heterocycles. The van der Waals surface area contributed by atoms with E-state index in [-0.39, 0.29) is 0 Å². The van der Waals surface area contributed by atoms with Gasteiger partial charge in [-0.05, 0) is 53.9 Å². The normalized spacial score (nSPS) is 12.1. The Labute approximate surface area is 253 Å². The predicted molar refractivity (Wildman–Crippen MR) is 184 cm³/mol. The average molecular weight is 560 g/mol. The van der Waals surface area contributed by atoms with Crippen LogP contribution in [0.25, 0.3) is 88.1 Å². The van der Waals surface area contributed by atoms with Crippen LogP contribution in [0.2, 0.25) is 0 Å². The molecule has 0 fully saturated rings. The van der Waals surface area contributed by atoms with E-state index in [4.69, 9.17) is 4.98 Å². The second-order valence-electron chi connectivity index (χ2n) is 11.6. The van der Waals surface area contributed by atoms with Crippen molar-refractivity contribution in [3.8, 4) is 28.2 Å². The van der Waals surface area contributed by atoms with Gasteiger partial charge >= 0.3 is 0 Å². The van der Waals surface area contributed by atoms with Crippen molar-refractivity contribution in [2.45, 2.75) is 0 Å². The summed E-state index contributed by atoms with van der Waals surface area (Å²) in [6, 6.07) is 54.5. The largest absolute Gasteiger partial charge is 0.309 e. The summed E-state index contributed by atoms with van der Waals surface area (Å²) in [5, 5.41) is 7.70. The SMILES string of the molecule is c1ccc(-c2cccc(-c3cccc(-n4c5cccc6c7ccccc7n7c8ccccc8c8ccc4c(c65)c87)c3)n2)cc1. The van der Waals surface area contributed by atoms with E-state index in [1.165, 1.54) is 59.9 Å². The molecule has 44 heavy (non-hydrogen) atoms. The minimum atomic E-state index is 0.965. The zero-order chi connectivity index (χ0) is 28.8. The molecule has 0 saturated carbocycles. The highest BCUT2D eigenvalue weighted by Crippen LogP contribution is 2.45. The lowest BCUT2D eigenvalue weighted by atomic mass is 10.0. The lowest BCUT2D eigenvalue weighted by Crippen LogP contribution is -1.95. The second-order valence-corrected chi connectivity index (χ2v) is 11.6. The Balaban J connectivity index is 1.31. The van der Waals surface area contributed by atoms with Gasteiger partial charge in [0.05, 0.1) is 39.0 Å². The maximum atomic E-state index is 5.07. The van der Waals surface area contributed by atoms with Gasteiger partial charge < -0.3 is 8.97 Å². The van der Waals surface area contributed by atoms with E-state index in [9.17, 15) is 0 Å². The number of pyridine rings is 1. The Morgan fingerprint density at radius 2 is 0.977 bits per heavy atom. The molecule has 0 aliphatic heterocycles. The van der Waals surface area contributed by atoms with Gasteiger partial charge in [0, 0.05) is 43.7 Å². The van der Waals surface area contributed by atoms with Crippen molar-refractivity contribution in [1.82, 2.24) is 14.0 Å². The summed E-state index contributed by atoms with van der Waals surface area (Å²) in [5.74, 6) is 0. The lowest BCUT2D eigenvalue weighted by Gasteiger charge is -2.11. The first-order valence-electron chi connectivity index (χ1n) is 15.1. The Bertz CT molecular complexity index is 2710. The molecule has 0 aliphatic carbocycles. The summed E-state index contributed by atoms with van der Waals surface area (Å²) in [6.45, 7) is 0. The van der Waals surface area contributed by atoms with Crippen molar-refractivity contribution in [2.24, 2.45) is 0 Å². The number of para-hydroxylation sites is 2. The van der Waals surface area contributed by atoms with Crippen molar-refractivity contribution in [1.29, 1.82) is 0 Å². The van der Waals surface area contributed by atoms with E-state index in [2.05, 4.69) is 155 Å². The van der Waals surface area contributed by atoms with E-state index >= 15 is 0 Å². The van der Waals surface area contributed by atoms with Gasteiger partial charge in [0.15, 0.2) is 0 Å². The standard InChI is InChI=1S/C41H25N3/c1-2-11-26(12-3-1)33-18-10-19-34(42-33)27-13-8-14-28(25-27)43-37-22-9-17-31-29-15-4-6-20-35(29)44-36-21-7-5-16-30(36)32-23-24-38(43)40(39(31)37)41(32)44/h1-25H. The first-order chi connectivity index (χ1) is 21.8. The average Bonchev–Trinajstić information content (AvgIpc) is 3.57. The molecule has 6 aromatic carbocycles.